The summed E-state index contributed by atoms with van der Waals surface area (Å²) in [5, 5.41) is 11.7. The molecule has 0 saturated carbocycles. The monoisotopic (exact) mass is 790 g/mol. The summed E-state index contributed by atoms with van der Waals surface area (Å²) < 4.78 is 0. The summed E-state index contributed by atoms with van der Waals surface area (Å²) in [4.78, 5) is 31.7. The van der Waals surface area contributed by atoms with Crippen molar-refractivity contribution >= 4 is 63.7 Å². The zero-order valence-corrected chi connectivity index (χ0v) is 35.7. The number of hydrogen-bond donors (Lipinski definition) is 3. The summed E-state index contributed by atoms with van der Waals surface area (Å²) >= 11 is 1.41. The van der Waals surface area contributed by atoms with Crippen LogP contribution in [0.1, 0.15) is 83.2 Å². The van der Waals surface area contributed by atoms with Crippen LogP contribution in [-0.2, 0) is 0 Å². The van der Waals surface area contributed by atoms with Gasteiger partial charge in [0.05, 0.1) is 28.3 Å². The number of carbonyl (C=O) groups is 1. The molecular formula is C52H46N4O2S. The van der Waals surface area contributed by atoms with Gasteiger partial charge in [-0.25, -0.2) is 14.8 Å². The molecule has 8 bridgehead atoms. The Morgan fingerprint density at radius 2 is 0.763 bits per heavy atom. The number of fused-ring (bicyclic) bond motifs is 8. The van der Waals surface area contributed by atoms with Crippen molar-refractivity contribution in [3.8, 4) is 43.8 Å². The molecule has 0 saturated heterocycles. The molecule has 7 heteroatoms. The van der Waals surface area contributed by atoms with E-state index in [1.165, 1.54) is 39.2 Å². The van der Waals surface area contributed by atoms with E-state index in [0.717, 1.165) is 111 Å². The molecule has 292 valence electrons. The molecule has 9 rings (SSSR count). The van der Waals surface area contributed by atoms with Crippen molar-refractivity contribution in [2.24, 2.45) is 0 Å². The molecule has 2 aliphatic rings. The van der Waals surface area contributed by atoms with Crippen molar-refractivity contribution < 1.29 is 9.90 Å². The highest BCUT2D eigenvalue weighted by Crippen LogP contribution is 2.43. The van der Waals surface area contributed by atoms with Crippen molar-refractivity contribution in [3.05, 3.63) is 151 Å². The lowest BCUT2D eigenvalue weighted by molar-refractivity contribution is 0.0697. The SMILES string of the molecule is Cc1cc(C)c(-c2c3nc(c(-c4c(C)cc(C)cc4C)c4ccc([nH]4)c(-c4c(C)cc(C)cc4C)c4nc(c(-c5cc(C(=O)O)cs5)c5ccc2[nH]5)C=C4)C=C3)c(C)c1. The van der Waals surface area contributed by atoms with Gasteiger partial charge in [-0.3, -0.25) is 0 Å². The van der Waals surface area contributed by atoms with Gasteiger partial charge >= 0.3 is 5.97 Å². The first-order valence-corrected chi connectivity index (χ1v) is 20.9. The van der Waals surface area contributed by atoms with Gasteiger partial charge in [0.25, 0.3) is 0 Å². The second-order valence-corrected chi connectivity index (χ2v) is 17.2. The smallest absolute Gasteiger partial charge is 0.336 e. The van der Waals surface area contributed by atoms with Crippen LogP contribution < -0.4 is 0 Å². The number of hydrogen-bond acceptors (Lipinski definition) is 4. The molecule has 7 aromatic rings. The summed E-state index contributed by atoms with van der Waals surface area (Å²) in [5.74, 6) is -0.959. The van der Waals surface area contributed by atoms with Crippen LogP contribution in [0, 0.1) is 62.3 Å². The van der Waals surface area contributed by atoms with Crippen molar-refractivity contribution in [2.45, 2.75) is 62.3 Å². The topological polar surface area (TPSA) is 94.7 Å². The molecule has 6 nitrogen and oxygen atoms in total. The number of carboxylic acid groups (broad SMARTS) is 1. The highest BCUT2D eigenvalue weighted by Gasteiger charge is 2.23. The van der Waals surface area contributed by atoms with Gasteiger partial charge in [-0.05, 0) is 167 Å². The number of nitrogens with zero attached hydrogens (tertiary/aromatic N) is 2. The van der Waals surface area contributed by atoms with E-state index in [1.807, 2.05) is 0 Å². The lowest BCUT2D eigenvalue weighted by atomic mass is 9.92. The predicted octanol–water partition coefficient (Wildman–Crippen LogP) is 13.9. The third-order valence-electron chi connectivity index (χ3n) is 11.6. The van der Waals surface area contributed by atoms with Crippen molar-refractivity contribution in [3.63, 3.8) is 0 Å². The maximum Gasteiger partial charge on any atom is 0.336 e. The first kappa shape index (κ1) is 38.0. The molecule has 0 aliphatic carbocycles. The Hall–Kier alpha value is -6.57. The second-order valence-electron chi connectivity index (χ2n) is 16.3. The number of aromatic amines is 2. The molecule has 0 fully saturated rings. The van der Waals surface area contributed by atoms with E-state index in [1.54, 1.807) is 11.4 Å². The minimum atomic E-state index is -0.959. The van der Waals surface area contributed by atoms with Crippen LogP contribution in [0.4, 0.5) is 0 Å². The first-order valence-electron chi connectivity index (χ1n) is 20.0. The Morgan fingerprint density at radius 1 is 0.458 bits per heavy atom. The highest BCUT2D eigenvalue weighted by atomic mass is 32.1. The Kier molecular flexibility index (Phi) is 9.24. The minimum absolute atomic E-state index is 0.248. The molecule has 3 N–H and O–H groups in total. The standard InChI is InChI=1S/C52H46N4O2S/c1-26-18-29(4)45(30(5)19-26)49-38-12-10-36(53-38)48(44-24-35(25-59-44)52(57)58)37-11-13-39(54-37)50(46-31(6)20-27(2)21-32(46)7)41-15-17-43(56-41)51(42-16-14-40(49)55-42)47-33(8)22-28(3)23-34(47)9/h10-25,53,56H,1-9H3,(H,57,58). The molecule has 3 aromatic carbocycles. The van der Waals surface area contributed by atoms with Crippen molar-refractivity contribution in [1.29, 1.82) is 0 Å². The average molecular weight is 791 g/mol. The summed E-state index contributed by atoms with van der Waals surface area (Å²) in [5.41, 5.74) is 25.2. The van der Waals surface area contributed by atoms with Crippen LogP contribution >= 0.6 is 11.3 Å². The molecule has 0 amide bonds. The molecule has 4 aromatic heterocycles. The van der Waals surface area contributed by atoms with E-state index in [4.69, 9.17) is 9.97 Å². The fourth-order valence-corrected chi connectivity index (χ4v) is 10.5. The van der Waals surface area contributed by atoms with E-state index < -0.39 is 5.97 Å². The number of aromatic nitrogens is 4. The molecule has 0 unspecified atom stereocenters. The third kappa shape index (κ3) is 6.56. The number of benzene rings is 3. The minimum Gasteiger partial charge on any atom is -0.478 e. The summed E-state index contributed by atoms with van der Waals surface area (Å²) in [7, 11) is 0. The zero-order valence-electron chi connectivity index (χ0n) is 34.9. The lowest BCUT2D eigenvalue weighted by Crippen LogP contribution is -1.96. The van der Waals surface area contributed by atoms with Gasteiger partial charge in [-0.2, -0.15) is 0 Å². The Balaban J connectivity index is 1.52. The number of H-pyrrole nitrogens is 2. The highest BCUT2D eigenvalue weighted by molar-refractivity contribution is 7.14. The molecular weight excluding hydrogens is 745 g/mol. The lowest BCUT2D eigenvalue weighted by Gasteiger charge is -2.14. The number of nitrogens with one attached hydrogen (secondary N) is 2. The van der Waals surface area contributed by atoms with E-state index in [-0.39, 0.29) is 5.56 Å². The average Bonchev–Trinajstić information content (AvgIpc) is 4.01. The fourth-order valence-electron chi connectivity index (χ4n) is 9.56. The van der Waals surface area contributed by atoms with Crippen LogP contribution in [0.5, 0.6) is 0 Å². The second kappa shape index (κ2) is 14.4. The maximum atomic E-state index is 12.2. The third-order valence-corrected chi connectivity index (χ3v) is 12.6. The van der Waals surface area contributed by atoms with E-state index in [2.05, 4.69) is 157 Å². The van der Waals surface area contributed by atoms with E-state index in [0.29, 0.717) is 0 Å². The van der Waals surface area contributed by atoms with Crippen LogP contribution in [-0.4, -0.2) is 31.0 Å². The molecule has 6 heterocycles. The predicted molar refractivity (Wildman–Crippen MR) is 248 cm³/mol. The normalized spacial score (nSPS) is 12.2. The molecule has 0 atom stereocenters. The molecule has 0 radical (unpaired) electrons. The quantitative estimate of drug-likeness (QED) is 0.162. The van der Waals surface area contributed by atoms with Gasteiger partial charge in [0.2, 0.25) is 0 Å². The fraction of sp³-hybridized carbons (Fsp3) is 0.173. The number of rotatable bonds is 5. The molecule has 59 heavy (non-hydrogen) atoms. The number of carboxylic acids is 1. The zero-order chi connectivity index (χ0) is 41.4. The van der Waals surface area contributed by atoms with Crippen molar-refractivity contribution in [1.82, 2.24) is 19.9 Å². The van der Waals surface area contributed by atoms with Crippen LogP contribution in [0.3, 0.4) is 0 Å². The van der Waals surface area contributed by atoms with Crippen LogP contribution in [0.2, 0.25) is 0 Å². The Morgan fingerprint density at radius 3 is 1.07 bits per heavy atom. The largest absolute Gasteiger partial charge is 0.478 e. The van der Waals surface area contributed by atoms with Crippen LogP contribution in [0.25, 0.3) is 90.2 Å². The maximum absolute atomic E-state index is 12.2. The van der Waals surface area contributed by atoms with Gasteiger partial charge in [-0.1, -0.05) is 53.1 Å². The number of aromatic carboxylic acids is 1. The van der Waals surface area contributed by atoms with Gasteiger partial charge in [0.1, 0.15) is 0 Å². The number of aryl methyl sites for hydroxylation is 9. The Labute approximate surface area is 348 Å². The van der Waals surface area contributed by atoms with Gasteiger partial charge in [-0.15, -0.1) is 11.3 Å². The summed E-state index contributed by atoms with van der Waals surface area (Å²) in [6.07, 6.45) is 8.46. The van der Waals surface area contributed by atoms with Gasteiger partial charge in [0.15, 0.2) is 0 Å². The molecule has 0 spiro atoms. The van der Waals surface area contributed by atoms with Crippen LogP contribution in [0.15, 0.2) is 72.1 Å². The first-order chi connectivity index (χ1) is 28.2. The van der Waals surface area contributed by atoms with Gasteiger partial charge in [0, 0.05) is 54.6 Å². The van der Waals surface area contributed by atoms with E-state index in [9.17, 15) is 9.90 Å². The summed E-state index contributed by atoms with van der Waals surface area (Å²) in [6.45, 7) is 19.5. The van der Waals surface area contributed by atoms with Crippen molar-refractivity contribution in [2.75, 3.05) is 0 Å². The van der Waals surface area contributed by atoms with Gasteiger partial charge < -0.3 is 15.1 Å². The van der Waals surface area contributed by atoms with E-state index >= 15 is 0 Å². The number of thiophene rings is 1. The summed E-state index contributed by atoms with van der Waals surface area (Å²) in [6, 6.07) is 23.8. The Bertz CT molecular complexity index is 3060. The molecule has 2 aliphatic heterocycles.